The summed E-state index contributed by atoms with van der Waals surface area (Å²) in [5.41, 5.74) is -2.83. The molecule has 0 aliphatic rings. The lowest BCUT2D eigenvalue weighted by Crippen LogP contribution is -2.31. The first kappa shape index (κ1) is 14.9. The first-order valence-electron chi connectivity index (χ1n) is 5.55. The van der Waals surface area contributed by atoms with Crippen molar-refractivity contribution < 1.29 is 18.6 Å². The van der Waals surface area contributed by atoms with Crippen molar-refractivity contribution in [1.82, 2.24) is 0 Å². The Balaban J connectivity index is 4.25. The molecule has 0 aromatic heterocycles. The van der Waals surface area contributed by atoms with Gasteiger partial charge in [0.2, 0.25) is 9.84 Å². The minimum absolute atomic E-state index is 0.210. The van der Waals surface area contributed by atoms with Crippen LogP contribution in [0.15, 0.2) is 0 Å². The highest BCUT2D eigenvalue weighted by Gasteiger charge is 2.30. The van der Waals surface area contributed by atoms with Gasteiger partial charge in [-0.15, -0.1) is 0 Å². The number of hydrogen-bond donors (Lipinski definition) is 2. The Kier molecular flexibility index (Phi) is 7.13. The quantitative estimate of drug-likeness (QED) is 0.670. The normalized spacial score (nSPS) is 16.3. The fraction of sp³-hybridized carbons (Fsp3) is 1.00. The Hall–Kier alpha value is -0.130. The lowest BCUT2D eigenvalue weighted by molar-refractivity contribution is 0.197. The van der Waals surface area contributed by atoms with Crippen LogP contribution in [-0.2, 0) is 9.84 Å². The molecule has 2 N–H and O–H groups in total. The van der Waals surface area contributed by atoms with E-state index in [2.05, 4.69) is 0 Å². The van der Waals surface area contributed by atoms with Crippen molar-refractivity contribution in [3.8, 4) is 0 Å². The topological polar surface area (TPSA) is 74.6 Å². The van der Waals surface area contributed by atoms with E-state index in [-0.39, 0.29) is 12.8 Å². The van der Waals surface area contributed by atoms with Gasteiger partial charge in [-0.1, -0.05) is 39.5 Å². The van der Waals surface area contributed by atoms with Crippen LogP contribution < -0.4 is 0 Å². The van der Waals surface area contributed by atoms with Crippen LogP contribution in [0.4, 0.5) is 0 Å². The van der Waals surface area contributed by atoms with Crippen LogP contribution in [0.5, 0.6) is 0 Å². The highest BCUT2D eigenvalue weighted by Crippen LogP contribution is 2.16. The summed E-state index contributed by atoms with van der Waals surface area (Å²) in [6.07, 6.45) is 3.39. The molecule has 0 amide bonds. The number of sulfone groups is 1. The van der Waals surface area contributed by atoms with Crippen LogP contribution in [-0.4, -0.2) is 29.5 Å². The number of unbranched alkanes of at least 4 members (excludes halogenated alkanes) is 2. The Labute approximate surface area is 92.2 Å². The predicted molar refractivity (Wildman–Crippen MR) is 60.0 cm³/mol. The molecule has 0 aliphatic heterocycles. The average molecular weight is 238 g/mol. The molecule has 0 fully saturated rings. The maximum absolute atomic E-state index is 11.5. The zero-order valence-electron chi connectivity index (χ0n) is 9.52. The Bertz CT molecular complexity index is 228. The van der Waals surface area contributed by atoms with Crippen LogP contribution in [0.2, 0.25) is 0 Å². The van der Waals surface area contributed by atoms with Gasteiger partial charge in [-0.05, 0) is 12.8 Å². The molecule has 0 saturated heterocycles. The average Bonchev–Trinajstić information content (AvgIpc) is 2.21. The summed E-state index contributed by atoms with van der Waals surface area (Å²) < 4.78 is 23.1. The third-order valence-corrected chi connectivity index (χ3v) is 4.36. The summed E-state index contributed by atoms with van der Waals surface area (Å²) in [4.78, 5) is 0. The van der Waals surface area contributed by atoms with E-state index in [4.69, 9.17) is 0 Å². The van der Waals surface area contributed by atoms with Gasteiger partial charge < -0.3 is 10.2 Å². The zero-order chi connectivity index (χ0) is 11.9. The van der Waals surface area contributed by atoms with Crippen molar-refractivity contribution in [3.63, 3.8) is 0 Å². The maximum atomic E-state index is 11.5. The summed E-state index contributed by atoms with van der Waals surface area (Å²) in [5, 5.41) is 18.9. The molecule has 4 nitrogen and oxygen atoms in total. The molecule has 0 radical (unpaired) electrons. The second kappa shape index (κ2) is 7.19. The standard InChI is InChI=1S/C10H22O4S/c1-3-5-7-9(11)15(13,14)10(12)8-6-4-2/h9-12H,3-8H2,1-2H3. The largest absolute Gasteiger partial charge is 0.377 e. The van der Waals surface area contributed by atoms with Gasteiger partial charge in [-0.25, -0.2) is 8.42 Å². The van der Waals surface area contributed by atoms with Crippen molar-refractivity contribution in [3.05, 3.63) is 0 Å². The molecule has 0 heterocycles. The van der Waals surface area contributed by atoms with E-state index >= 15 is 0 Å². The second-order valence-electron chi connectivity index (χ2n) is 3.78. The Morgan fingerprint density at radius 3 is 1.53 bits per heavy atom. The third-order valence-electron chi connectivity index (χ3n) is 2.37. The lowest BCUT2D eigenvalue weighted by Gasteiger charge is -2.16. The number of hydrogen-bond acceptors (Lipinski definition) is 4. The van der Waals surface area contributed by atoms with Gasteiger partial charge >= 0.3 is 0 Å². The first-order valence-corrected chi connectivity index (χ1v) is 7.16. The van der Waals surface area contributed by atoms with Gasteiger partial charge in [0.25, 0.3) is 0 Å². The van der Waals surface area contributed by atoms with Crippen molar-refractivity contribution in [2.24, 2.45) is 0 Å². The summed E-state index contributed by atoms with van der Waals surface area (Å²) in [6, 6.07) is 0. The maximum Gasteiger partial charge on any atom is 0.203 e. The van der Waals surface area contributed by atoms with Gasteiger partial charge in [-0.3, -0.25) is 0 Å². The molecule has 0 bridgehead atoms. The molecule has 92 valence electrons. The summed E-state index contributed by atoms with van der Waals surface area (Å²) in [5.74, 6) is 0. The fourth-order valence-electron chi connectivity index (χ4n) is 1.27. The SMILES string of the molecule is CCCCC(O)S(=O)(=O)C(O)CCCC. The monoisotopic (exact) mass is 238 g/mol. The highest BCUT2D eigenvalue weighted by molar-refractivity contribution is 7.92. The van der Waals surface area contributed by atoms with E-state index in [0.717, 1.165) is 12.8 Å². The molecule has 0 spiro atoms. The summed E-state index contributed by atoms with van der Waals surface area (Å²) in [6.45, 7) is 3.85. The van der Waals surface area contributed by atoms with Crippen LogP contribution in [0.25, 0.3) is 0 Å². The minimum atomic E-state index is -3.77. The van der Waals surface area contributed by atoms with Gasteiger partial charge in [-0.2, -0.15) is 0 Å². The van der Waals surface area contributed by atoms with E-state index in [1.807, 2.05) is 13.8 Å². The van der Waals surface area contributed by atoms with Crippen molar-refractivity contribution in [2.45, 2.75) is 63.2 Å². The molecular weight excluding hydrogens is 216 g/mol. The smallest absolute Gasteiger partial charge is 0.203 e. The van der Waals surface area contributed by atoms with Crippen LogP contribution in [0.1, 0.15) is 52.4 Å². The van der Waals surface area contributed by atoms with Crippen molar-refractivity contribution in [1.29, 1.82) is 0 Å². The molecular formula is C10H22O4S. The second-order valence-corrected chi connectivity index (χ2v) is 6.05. The van der Waals surface area contributed by atoms with E-state index in [0.29, 0.717) is 12.8 Å². The zero-order valence-corrected chi connectivity index (χ0v) is 10.3. The Morgan fingerprint density at radius 1 is 0.933 bits per heavy atom. The fourth-order valence-corrected chi connectivity index (χ4v) is 2.62. The number of aliphatic hydroxyl groups is 2. The Morgan fingerprint density at radius 2 is 1.27 bits per heavy atom. The van der Waals surface area contributed by atoms with Crippen LogP contribution in [0.3, 0.4) is 0 Å². The third kappa shape index (κ3) is 4.95. The van der Waals surface area contributed by atoms with E-state index in [1.165, 1.54) is 0 Å². The molecule has 15 heavy (non-hydrogen) atoms. The molecule has 0 saturated carbocycles. The molecule has 2 atom stereocenters. The van der Waals surface area contributed by atoms with Crippen molar-refractivity contribution in [2.75, 3.05) is 0 Å². The molecule has 0 aromatic carbocycles. The van der Waals surface area contributed by atoms with Gasteiger partial charge in [0, 0.05) is 0 Å². The number of rotatable bonds is 8. The molecule has 0 aliphatic carbocycles. The van der Waals surface area contributed by atoms with E-state index < -0.39 is 20.7 Å². The lowest BCUT2D eigenvalue weighted by atomic mass is 10.3. The van der Waals surface area contributed by atoms with Gasteiger partial charge in [0.15, 0.2) is 10.9 Å². The molecule has 0 aromatic rings. The molecule has 5 heteroatoms. The van der Waals surface area contributed by atoms with Gasteiger partial charge in [0.1, 0.15) is 0 Å². The first-order chi connectivity index (χ1) is 6.96. The predicted octanol–water partition coefficient (Wildman–Crippen LogP) is 1.42. The highest BCUT2D eigenvalue weighted by atomic mass is 32.2. The van der Waals surface area contributed by atoms with Gasteiger partial charge in [0.05, 0.1) is 0 Å². The summed E-state index contributed by atoms with van der Waals surface area (Å²) in [7, 11) is -3.77. The van der Waals surface area contributed by atoms with Crippen molar-refractivity contribution >= 4 is 9.84 Å². The van der Waals surface area contributed by atoms with E-state index in [9.17, 15) is 18.6 Å². The van der Waals surface area contributed by atoms with Crippen LogP contribution >= 0.6 is 0 Å². The number of aliphatic hydroxyl groups excluding tert-OH is 2. The molecule has 2 unspecified atom stereocenters. The summed E-state index contributed by atoms with van der Waals surface area (Å²) >= 11 is 0. The minimum Gasteiger partial charge on any atom is -0.377 e. The van der Waals surface area contributed by atoms with Crippen LogP contribution in [0, 0.1) is 0 Å². The van der Waals surface area contributed by atoms with E-state index in [1.54, 1.807) is 0 Å². The molecule has 0 rings (SSSR count).